The van der Waals surface area contributed by atoms with E-state index in [-0.39, 0.29) is 18.6 Å². The Morgan fingerprint density at radius 1 is 1.50 bits per heavy atom. The van der Waals surface area contributed by atoms with E-state index in [1.165, 1.54) is 0 Å². The van der Waals surface area contributed by atoms with E-state index in [1.54, 1.807) is 4.90 Å². The number of carboxylic acid groups (broad SMARTS) is 1. The summed E-state index contributed by atoms with van der Waals surface area (Å²) in [6.07, 6.45) is 8.46. The minimum atomic E-state index is -0.801. The van der Waals surface area contributed by atoms with Gasteiger partial charge < -0.3 is 15.3 Å². The number of nitrogens with zero attached hydrogens (tertiary/aromatic N) is 1. The van der Waals surface area contributed by atoms with Gasteiger partial charge in [0.1, 0.15) is 0 Å². The van der Waals surface area contributed by atoms with Crippen LogP contribution in [0.25, 0.3) is 0 Å². The molecular formula is C15H24N2O3. The minimum absolute atomic E-state index is 0.0431. The van der Waals surface area contributed by atoms with Crippen LogP contribution < -0.4 is 5.32 Å². The zero-order chi connectivity index (χ0) is 15.2. The molecule has 0 aromatic heterocycles. The van der Waals surface area contributed by atoms with E-state index in [0.717, 1.165) is 12.8 Å². The highest BCUT2D eigenvalue weighted by molar-refractivity contribution is 5.79. The molecule has 2 unspecified atom stereocenters. The second-order valence-corrected chi connectivity index (χ2v) is 5.47. The number of likely N-dealkylation sites (tertiary alicyclic amines) is 1. The molecule has 0 aromatic carbocycles. The molecule has 5 heteroatoms. The van der Waals surface area contributed by atoms with Crippen molar-refractivity contribution in [3.63, 3.8) is 0 Å². The van der Waals surface area contributed by atoms with Crippen LogP contribution in [0.15, 0.2) is 0 Å². The fourth-order valence-corrected chi connectivity index (χ4v) is 2.72. The normalized spacial score (nSPS) is 23.1. The Kier molecular flexibility index (Phi) is 5.87. The monoisotopic (exact) mass is 280 g/mol. The Balaban J connectivity index is 2.64. The quantitative estimate of drug-likeness (QED) is 0.732. The second kappa shape index (κ2) is 7.18. The van der Waals surface area contributed by atoms with Crippen molar-refractivity contribution in [2.45, 2.75) is 52.0 Å². The van der Waals surface area contributed by atoms with Gasteiger partial charge in [0.25, 0.3) is 0 Å². The molecule has 1 heterocycles. The van der Waals surface area contributed by atoms with E-state index < -0.39 is 11.4 Å². The first kappa shape index (κ1) is 16.4. The lowest BCUT2D eigenvalue weighted by atomic mass is 9.83. The third-order valence-electron chi connectivity index (χ3n) is 4.01. The number of nitrogens with one attached hydrogen (secondary N) is 1. The highest BCUT2D eigenvalue weighted by Crippen LogP contribution is 2.35. The van der Waals surface area contributed by atoms with Gasteiger partial charge in [-0.25, -0.2) is 4.79 Å². The van der Waals surface area contributed by atoms with Crippen LogP contribution in [0, 0.1) is 17.8 Å². The van der Waals surface area contributed by atoms with Crippen LogP contribution in [0.5, 0.6) is 0 Å². The third-order valence-corrected chi connectivity index (χ3v) is 4.01. The van der Waals surface area contributed by atoms with Gasteiger partial charge in [0, 0.05) is 25.6 Å². The molecule has 20 heavy (non-hydrogen) atoms. The van der Waals surface area contributed by atoms with Crippen LogP contribution in [-0.4, -0.2) is 41.1 Å². The molecule has 112 valence electrons. The highest BCUT2D eigenvalue weighted by Gasteiger charge is 2.45. The van der Waals surface area contributed by atoms with E-state index in [0.29, 0.717) is 25.8 Å². The number of hydrogen-bond acceptors (Lipinski definition) is 2. The van der Waals surface area contributed by atoms with Crippen molar-refractivity contribution < 1.29 is 14.7 Å². The van der Waals surface area contributed by atoms with Crippen LogP contribution in [0.1, 0.15) is 46.0 Å². The maximum atomic E-state index is 12.2. The molecule has 1 aliphatic rings. The van der Waals surface area contributed by atoms with E-state index in [4.69, 9.17) is 6.42 Å². The van der Waals surface area contributed by atoms with E-state index in [9.17, 15) is 14.7 Å². The van der Waals surface area contributed by atoms with Gasteiger partial charge in [-0.2, -0.15) is 0 Å². The first-order chi connectivity index (χ1) is 9.49. The van der Waals surface area contributed by atoms with Crippen molar-refractivity contribution >= 4 is 12.0 Å². The van der Waals surface area contributed by atoms with Gasteiger partial charge in [0.2, 0.25) is 0 Å². The Bertz CT molecular complexity index is 402. The molecule has 0 bridgehead atoms. The van der Waals surface area contributed by atoms with E-state index in [1.807, 2.05) is 13.8 Å². The molecule has 2 amide bonds. The number of hydrogen-bond donors (Lipinski definition) is 2. The fraction of sp³-hybridized carbons (Fsp3) is 0.733. The third kappa shape index (κ3) is 3.66. The summed E-state index contributed by atoms with van der Waals surface area (Å²) in [6, 6.07) is -0.246. The average molecular weight is 280 g/mol. The molecule has 0 aliphatic carbocycles. The number of carbonyl (C=O) groups excluding carboxylic acids is 1. The van der Waals surface area contributed by atoms with Gasteiger partial charge >= 0.3 is 12.0 Å². The Morgan fingerprint density at radius 2 is 2.20 bits per heavy atom. The smallest absolute Gasteiger partial charge is 0.317 e. The number of rotatable bonds is 6. The zero-order valence-corrected chi connectivity index (χ0v) is 12.3. The van der Waals surface area contributed by atoms with Crippen molar-refractivity contribution in [3.05, 3.63) is 0 Å². The summed E-state index contributed by atoms with van der Waals surface area (Å²) < 4.78 is 0. The minimum Gasteiger partial charge on any atom is -0.481 e. The molecule has 0 aromatic rings. The lowest BCUT2D eigenvalue weighted by Crippen LogP contribution is -2.45. The predicted octanol–water partition coefficient (Wildman–Crippen LogP) is 2.07. The van der Waals surface area contributed by atoms with Crippen molar-refractivity contribution in [3.8, 4) is 12.3 Å². The number of carbonyl (C=O) groups is 2. The number of amides is 2. The van der Waals surface area contributed by atoms with Gasteiger partial charge in [-0.05, 0) is 19.3 Å². The molecular weight excluding hydrogens is 256 g/mol. The Hall–Kier alpha value is -1.70. The predicted molar refractivity (Wildman–Crippen MR) is 77.2 cm³/mol. The zero-order valence-electron chi connectivity index (χ0n) is 12.3. The molecule has 5 nitrogen and oxygen atoms in total. The molecule has 1 aliphatic heterocycles. The molecule has 0 saturated carbocycles. The summed E-state index contributed by atoms with van der Waals surface area (Å²) in [7, 11) is 0. The molecule has 0 spiro atoms. The second-order valence-electron chi connectivity index (χ2n) is 5.47. The van der Waals surface area contributed by atoms with Gasteiger partial charge in [-0.3, -0.25) is 4.79 Å². The SMILES string of the molecule is C#CCC(CC)NC(=O)N1CCC(CCC)(C(=O)O)C1. The summed E-state index contributed by atoms with van der Waals surface area (Å²) in [5.41, 5.74) is -0.778. The van der Waals surface area contributed by atoms with Gasteiger partial charge in [-0.1, -0.05) is 20.3 Å². The van der Waals surface area contributed by atoms with Crippen molar-refractivity contribution in [1.29, 1.82) is 0 Å². The first-order valence-corrected chi connectivity index (χ1v) is 7.21. The molecule has 2 N–H and O–H groups in total. The molecule has 1 rings (SSSR count). The highest BCUT2D eigenvalue weighted by atomic mass is 16.4. The van der Waals surface area contributed by atoms with Crippen molar-refractivity contribution in [2.75, 3.05) is 13.1 Å². The largest absolute Gasteiger partial charge is 0.481 e. The molecule has 1 fully saturated rings. The number of terminal acetylenes is 1. The van der Waals surface area contributed by atoms with Crippen LogP contribution in [0.4, 0.5) is 4.79 Å². The molecule has 2 atom stereocenters. The fourth-order valence-electron chi connectivity index (χ4n) is 2.72. The Morgan fingerprint density at radius 3 is 2.70 bits per heavy atom. The number of carboxylic acids is 1. The van der Waals surface area contributed by atoms with Crippen LogP contribution in [0.2, 0.25) is 0 Å². The maximum Gasteiger partial charge on any atom is 0.317 e. The summed E-state index contributed by atoms with van der Waals surface area (Å²) in [5, 5.41) is 12.3. The molecule has 0 radical (unpaired) electrons. The van der Waals surface area contributed by atoms with Gasteiger partial charge in [0.05, 0.1) is 5.41 Å². The number of urea groups is 1. The van der Waals surface area contributed by atoms with Crippen LogP contribution >= 0.6 is 0 Å². The average Bonchev–Trinajstić information content (AvgIpc) is 2.84. The lowest BCUT2D eigenvalue weighted by molar-refractivity contribution is -0.148. The summed E-state index contributed by atoms with van der Waals surface area (Å²) in [4.78, 5) is 25.2. The number of aliphatic carboxylic acids is 1. The molecule has 1 saturated heterocycles. The standard InChI is InChI=1S/C15H24N2O3/c1-4-7-12(6-3)16-14(20)17-10-9-15(11-17,8-5-2)13(18)19/h1,12H,5-11H2,2-3H3,(H,16,20)(H,18,19). The van der Waals surface area contributed by atoms with E-state index in [2.05, 4.69) is 11.2 Å². The maximum absolute atomic E-state index is 12.2. The van der Waals surface area contributed by atoms with Crippen molar-refractivity contribution in [1.82, 2.24) is 10.2 Å². The van der Waals surface area contributed by atoms with Crippen LogP contribution in [0.3, 0.4) is 0 Å². The van der Waals surface area contributed by atoms with Gasteiger partial charge in [-0.15, -0.1) is 12.3 Å². The van der Waals surface area contributed by atoms with Crippen molar-refractivity contribution in [2.24, 2.45) is 5.41 Å². The van der Waals surface area contributed by atoms with Gasteiger partial charge in [0.15, 0.2) is 0 Å². The van der Waals surface area contributed by atoms with E-state index >= 15 is 0 Å². The summed E-state index contributed by atoms with van der Waals surface area (Å²) in [5.74, 6) is 1.74. The lowest BCUT2D eigenvalue weighted by Gasteiger charge is -2.25. The first-order valence-electron chi connectivity index (χ1n) is 7.21. The Labute approximate surface area is 120 Å². The summed E-state index contributed by atoms with van der Waals surface area (Å²) >= 11 is 0. The summed E-state index contributed by atoms with van der Waals surface area (Å²) in [6.45, 7) is 4.71. The topological polar surface area (TPSA) is 69.6 Å². The van der Waals surface area contributed by atoms with Crippen LogP contribution in [-0.2, 0) is 4.79 Å².